The summed E-state index contributed by atoms with van der Waals surface area (Å²) in [7, 11) is 0. The number of rotatable bonds is 5. The predicted molar refractivity (Wildman–Crippen MR) is 76.8 cm³/mol. The number of aromatic nitrogens is 2. The van der Waals surface area contributed by atoms with Crippen LogP contribution in [0.2, 0.25) is 0 Å². The fourth-order valence-corrected chi connectivity index (χ4v) is 1.70. The summed E-state index contributed by atoms with van der Waals surface area (Å²) in [6, 6.07) is 8.92. The lowest BCUT2D eigenvalue weighted by atomic mass is 10.2. The molecule has 1 aromatic heterocycles. The first-order valence-corrected chi connectivity index (χ1v) is 6.14. The van der Waals surface area contributed by atoms with E-state index in [1.165, 1.54) is 12.1 Å². The molecule has 0 saturated carbocycles. The Hall–Kier alpha value is -1.39. The second-order valence-electron chi connectivity index (χ2n) is 4.61. The van der Waals surface area contributed by atoms with Crippen molar-refractivity contribution in [2.24, 2.45) is 0 Å². The first-order chi connectivity index (χ1) is 8.65. The molecule has 0 aliphatic carbocycles. The van der Waals surface area contributed by atoms with Gasteiger partial charge < -0.3 is 5.32 Å². The van der Waals surface area contributed by atoms with Crippen molar-refractivity contribution in [1.29, 1.82) is 0 Å². The van der Waals surface area contributed by atoms with E-state index in [1.807, 2.05) is 16.9 Å². The molecule has 1 aromatic carbocycles. The Morgan fingerprint density at radius 2 is 1.84 bits per heavy atom. The molecule has 0 unspecified atom stereocenters. The van der Waals surface area contributed by atoms with Crippen molar-refractivity contribution < 1.29 is 4.39 Å². The van der Waals surface area contributed by atoms with Gasteiger partial charge in [-0.25, -0.2) is 4.39 Å². The molecule has 3 nitrogen and oxygen atoms in total. The Kier molecular flexibility index (Phi) is 5.99. The minimum atomic E-state index is -0.200. The lowest BCUT2D eigenvalue weighted by molar-refractivity contribution is 0.521. The quantitative estimate of drug-likeness (QED) is 0.912. The van der Waals surface area contributed by atoms with Gasteiger partial charge in [-0.05, 0) is 37.6 Å². The minimum absolute atomic E-state index is 0. The molecule has 19 heavy (non-hydrogen) atoms. The summed E-state index contributed by atoms with van der Waals surface area (Å²) in [6.07, 6.45) is 1.99. The number of benzene rings is 1. The molecule has 0 fully saturated rings. The van der Waals surface area contributed by atoms with E-state index in [2.05, 4.69) is 24.3 Å². The standard InChI is InChI=1S/C14H18FN3.ClH/c1-11(2)18-8-7-14(17-18)10-16-9-12-3-5-13(15)6-4-12;/h3-8,11,16H,9-10H2,1-2H3;1H. The molecule has 1 heterocycles. The highest BCUT2D eigenvalue weighted by Crippen LogP contribution is 2.05. The lowest BCUT2D eigenvalue weighted by Gasteiger charge is -2.05. The average molecular weight is 284 g/mol. The van der Waals surface area contributed by atoms with E-state index in [-0.39, 0.29) is 18.2 Å². The van der Waals surface area contributed by atoms with Crippen LogP contribution in [0.1, 0.15) is 31.1 Å². The van der Waals surface area contributed by atoms with Crippen molar-refractivity contribution in [3.05, 3.63) is 53.6 Å². The fourth-order valence-electron chi connectivity index (χ4n) is 1.70. The van der Waals surface area contributed by atoms with E-state index in [0.29, 0.717) is 6.04 Å². The summed E-state index contributed by atoms with van der Waals surface area (Å²) in [5, 5.41) is 7.74. The van der Waals surface area contributed by atoms with Gasteiger partial charge in [0.05, 0.1) is 5.69 Å². The molecule has 2 rings (SSSR count). The second-order valence-corrected chi connectivity index (χ2v) is 4.61. The summed E-state index contributed by atoms with van der Waals surface area (Å²) in [5.74, 6) is -0.200. The van der Waals surface area contributed by atoms with Crippen LogP contribution in [0.4, 0.5) is 4.39 Å². The third-order valence-electron chi connectivity index (χ3n) is 2.74. The van der Waals surface area contributed by atoms with Crippen LogP contribution < -0.4 is 5.32 Å². The average Bonchev–Trinajstić information content (AvgIpc) is 2.81. The zero-order valence-corrected chi connectivity index (χ0v) is 12.0. The highest BCUT2D eigenvalue weighted by atomic mass is 35.5. The van der Waals surface area contributed by atoms with Crippen LogP contribution in [0.3, 0.4) is 0 Å². The molecule has 0 atom stereocenters. The molecule has 0 aliphatic rings. The Morgan fingerprint density at radius 1 is 1.16 bits per heavy atom. The van der Waals surface area contributed by atoms with E-state index in [4.69, 9.17) is 0 Å². The Morgan fingerprint density at radius 3 is 2.42 bits per heavy atom. The largest absolute Gasteiger partial charge is 0.307 e. The van der Waals surface area contributed by atoms with E-state index < -0.39 is 0 Å². The maximum Gasteiger partial charge on any atom is 0.123 e. The van der Waals surface area contributed by atoms with Gasteiger partial charge in [0.1, 0.15) is 5.82 Å². The molecule has 0 radical (unpaired) electrons. The molecule has 5 heteroatoms. The highest BCUT2D eigenvalue weighted by molar-refractivity contribution is 5.85. The number of hydrogen-bond donors (Lipinski definition) is 1. The predicted octanol–water partition coefficient (Wildman–Crippen LogP) is 3.31. The van der Waals surface area contributed by atoms with Crippen LogP contribution >= 0.6 is 12.4 Å². The summed E-state index contributed by atoms with van der Waals surface area (Å²) in [6.45, 7) is 5.64. The van der Waals surface area contributed by atoms with Gasteiger partial charge >= 0.3 is 0 Å². The minimum Gasteiger partial charge on any atom is -0.307 e. The number of halogens is 2. The molecule has 0 spiro atoms. The van der Waals surface area contributed by atoms with Gasteiger partial charge in [-0.3, -0.25) is 4.68 Å². The molecule has 0 amide bonds. The lowest BCUT2D eigenvalue weighted by Crippen LogP contribution is -2.13. The Labute approximate surface area is 119 Å². The van der Waals surface area contributed by atoms with Crippen LogP contribution in [0.5, 0.6) is 0 Å². The maximum atomic E-state index is 12.7. The van der Waals surface area contributed by atoms with Crippen molar-refractivity contribution in [2.45, 2.75) is 33.0 Å². The van der Waals surface area contributed by atoms with Crippen molar-refractivity contribution in [1.82, 2.24) is 15.1 Å². The summed E-state index contributed by atoms with van der Waals surface area (Å²) < 4.78 is 14.7. The van der Waals surface area contributed by atoms with Crippen LogP contribution in [-0.4, -0.2) is 9.78 Å². The van der Waals surface area contributed by atoms with E-state index in [9.17, 15) is 4.39 Å². The zero-order chi connectivity index (χ0) is 13.0. The van der Waals surface area contributed by atoms with Gasteiger partial charge in [-0.2, -0.15) is 5.10 Å². The van der Waals surface area contributed by atoms with E-state index >= 15 is 0 Å². The topological polar surface area (TPSA) is 29.9 Å². The Bertz CT molecular complexity index is 494. The van der Waals surface area contributed by atoms with Gasteiger partial charge in [0.15, 0.2) is 0 Å². The molecule has 1 N–H and O–H groups in total. The molecule has 0 aliphatic heterocycles. The third-order valence-corrected chi connectivity index (χ3v) is 2.74. The number of nitrogens with one attached hydrogen (secondary N) is 1. The van der Waals surface area contributed by atoms with Gasteiger partial charge in [-0.15, -0.1) is 12.4 Å². The smallest absolute Gasteiger partial charge is 0.123 e. The molecule has 0 bridgehead atoms. The van der Waals surface area contributed by atoms with Crippen LogP contribution in [0.25, 0.3) is 0 Å². The van der Waals surface area contributed by atoms with Crippen molar-refractivity contribution >= 4 is 12.4 Å². The second kappa shape index (κ2) is 7.26. The highest BCUT2D eigenvalue weighted by Gasteiger charge is 2.01. The molecule has 0 saturated heterocycles. The molecular formula is C14H19ClFN3. The van der Waals surface area contributed by atoms with Gasteiger partial charge in [0.25, 0.3) is 0 Å². The maximum absolute atomic E-state index is 12.7. The van der Waals surface area contributed by atoms with Crippen molar-refractivity contribution in [3.63, 3.8) is 0 Å². The number of nitrogens with zero attached hydrogens (tertiary/aromatic N) is 2. The van der Waals surface area contributed by atoms with Crippen molar-refractivity contribution in [2.75, 3.05) is 0 Å². The van der Waals surface area contributed by atoms with Crippen molar-refractivity contribution in [3.8, 4) is 0 Å². The van der Waals surface area contributed by atoms with Crippen LogP contribution in [-0.2, 0) is 13.1 Å². The zero-order valence-electron chi connectivity index (χ0n) is 11.1. The van der Waals surface area contributed by atoms with E-state index in [1.54, 1.807) is 12.1 Å². The third kappa shape index (κ3) is 4.65. The monoisotopic (exact) mass is 283 g/mol. The Balaban J connectivity index is 0.00000180. The summed E-state index contributed by atoms with van der Waals surface area (Å²) >= 11 is 0. The SMILES string of the molecule is CC(C)n1ccc(CNCc2ccc(F)cc2)n1.Cl. The summed E-state index contributed by atoms with van der Waals surface area (Å²) in [5.41, 5.74) is 2.09. The van der Waals surface area contributed by atoms with Gasteiger partial charge in [0.2, 0.25) is 0 Å². The molecular weight excluding hydrogens is 265 g/mol. The van der Waals surface area contributed by atoms with Crippen LogP contribution in [0.15, 0.2) is 36.5 Å². The molecule has 2 aromatic rings. The first kappa shape index (κ1) is 15.7. The van der Waals surface area contributed by atoms with Gasteiger partial charge in [-0.1, -0.05) is 12.1 Å². The van der Waals surface area contributed by atoms with Gasteiger partial charge in [0, 0.05) is 25.3 Å². The van der Waals surface area contributed by atoms with Crippen LogP contribution in [0, 0.1) is 5.82 Å². The number of hydrogen-bond acceptors (Lipinski definition) is 2. The summed E-state index contributed by atoms with van der Waals surface area (Å²) in [4.78, 5) is 0. The normalized spacial score (nSPS) is 10.5. The fraction of sp³-hybridized carbons (Fsp3) is 0.357. The first-order valence-electron chi connectivity index (χ1n) is 6.14. The van der Waals surface area contributed by atoms with E-state index in [0.717, 1.165) is 24.3 Å². The molecule has 104 valence electrons.